The smallest absolute Gasteiger partial charge is 0.279 e. The largest absolute Gasteiger partial charge is 0.297 e. The van der Waals surface area contributed by atoms with Crippen molar-refractivity contribution in [3.8, 4) is 5.69 Å². The molecule has 3 heterocycles. The molecule has 5 rings (SSSR count). The van der Waals surface area contributed by atoms with E-state index >= 15 is 0 Å². The number of fused-ring (bicyclic) bond motifs is 1. The topological polar surface area (TPSA) is 80.1 Å². The van der Waals surface area contributed by atoms with Crippen LogP contribution in [0.25, 0.3) is 16.5 Å². The first-order valence-corrected chi connectivity index (χ1v) is 11.1. The monoisotopic (exact) mass is 431 g/mol. The van der Waals surface area contributed by atoms with E-state index in [2.05, 4.69) is 20.3 Å². The van der Waals surface area contributed by atoms with Crippen LogP contribution in [-0.2, 0) is 6.54 Å². The molecular formula is C23H21N5O2S. The summed E-state index contributed by atoms with van der Waals surface area (Å²) in [6.45, 7) is 2.98. The maximum Gasteiger partial charge on any atom is 0.279 e. The average molecular weight is 432 g/mol. The highest BCUT2D eigenvalue weighted by molar-refractivity contribution is 7.14. The van der Waals surface area contributed by atoms with Gasteiger partial charge >= 0.3 is 0 Å². The summed E-state index contributed by atoms with van der Waals surface area (Å²) in [5.74, 6) is -0.386. The molecule has 7 nitrogen and oxygen atoms in total. The van der Waals surface area contributed by atoms with Crippen LogP contribution in [0.15, 0.2) is 64.8 Å². The van der Waals surface area contributed by atoms with Gasteiger partial charge in [0.1, 0.15) is 0 Å². The van der Waals surface area contributed by atoms with Gasteiger partial charge < -0.3 is 0 Å². The number of nitrogens with one attached hydrogen (secondary N) is 1. The molecule has 1 aliphatic rings. The van der Waals surface area contributed by atoms with Crippen LogP contribution in [0.4, 0.5) is 5.13 Å². The van der Waals surface area contributed by atoms with Crippen molar-refractivity contribution < 1.29 is 4.79 Å². The van der Waals surface area contributed by atoms with Gasteiger partial charge in [0, 0.05) is 17.3 Å². The Morgan fingerprint density at radius 1 is 1.00 bits per heavy atom. The molecule has 0 radical (unpaired) electrons. The number of hydrogen-bond donors (Lipinski definition) is 1. The van der Waals surface area contributed by atoms with Gasteiger partial charge in [-0.1, -0.05) is 36.4 Å². The number of benzene rings is 2. The molecule has 0 saturated carbocycles. The highest BCUT2D eigenvalue weighted by atomic mass is 32.1. The highest BCUT2D eigenvalue weighted by Crippen LogP contribution is 2.21. The van der Waals surface area contributed by atoms with Gasteiger partial charge in [0.2, 0.25) is 0 Å². The lowest BCUT2D eigenvalue weighted by Gasteiger charge is -2.12. The fourth-order valence-corrected chi connectivity index (χ4v) is 4.56. The Labute approximate surface area is 183 Å². The predicted molar refractivity (Wildman–Crippen MR) is 122 cm³/mol. The van der Waals surface area contributed by atoms with Crippen molar-refractivity contribution in [3.63, 3.8) is 0 Å². The van der Waals surface area contributed by atoms with Gasteiger partial charge in [-0.3, -0.25) is 19.8 Å². The molecule has 0 bridgehead atoms. The number of nitrogens with zero attached hydrogens (tertiary/aromatic N) is 4. The van der Waals surface area contributed by atoms with Gasteiger partial charge in [-0.2, -0.15) is 9.78 Å². The quantitative estimate of drug-likeness (QED) is 0.521. The van der Waals surface area contributed by atoms with Gasteiger partial charge in [0.15, 0.2) is 10.8 Å². The zero-order valence-electron chi connectivity index (χ0n) is 16.8. The summed E-state index contributed by atoms with van der Waals surface area (Å²) in [7, 11) is 0. The van der Waals surface area contributed by atoms with E-state index in [1.807, 2.05) is 23.6 Å². The average Bonchev–Trinajstić information content (AvgIpc) is 3.47. The van der Waals surface area contributed by atoms with Gasteiger partial charge in [-0.15, -0.1) is 11.3 Å². The van der Waals surface area contributed by atoms with Crippen LogP contribution < -0.4 is 10.9 Å². The Balaban J connectivity index is 1.48. The molecular weight excluding hydrogens is 410 g/mol. The van der Waals surface area contributed by atoms with Crippen LogP contribution in [0, 0.1) is 0 Å². The molecule has 1 fully saturated rings. The van der Waals surface area contributed by atoms with Crippen molar-refractivity contribution in [2.45, 2.75) is 19.4 Å². The van der Waals surface area contributed by atoms with Crippen molar-refractivity contribution >= 4 is 33.1 Å². The van der Waals surface area contributed by atoms with Crippen LogP contribution in [0.2, 0.25) is 0 Å². The molecule has 2 aromatic carbocycles. The summed E-state index contributed by atoms with van der Waals surface area (Å²) in [4.78, 5) is 33.1. The maximum absolute atomic E-state index is 13.1. The standard InChI is InChI=1S/C23H21N5O2S/c29-21(25-23-24-16(15-31-23)14-27-12-6-7-13-27)20-18-10-4-5-11-19(18)22(30)28(26-20)17-8-2-1-3-9-17/h1-5,8-11,15H,6-7,12-14H2,(H,24,25,29). The minimum absolute atomic E-state index is 0.190. The second kappa shape index (κ2) is 8.41. The van der Waals surface area contributed by atoms with Crippen LogP contribution >= 0.6 is 11.3 Å². The van der Waals surface area contributed by atoms with E-state index in [0.717, 1.165) is 25.3 Å². The number of para-hydroxylation sites is 1. The third kappa shape index (κ3) is 3.99. The van der Waals surface area contributed by atoms with Crippen LogP contribution in [0.3, 0.4) is 0 Å². The van der Waals surface area contributed by atoms with E-state index < -0.39 is 0 Å². The lowest BCUT2D eigenvalue weighted by atomic mass is 10.1. The number of likely N-dealkylation sites (tertiary alicyclic amines) is 1. The molecule has 1 aliphatic heterocycles. The molecule has 0 aliphatic carbocycles. The lowest BCUT2D eigenvalue weighted by Crippen LogP contribution is -2.26. The van der Waals surface area contributed by atoms with E-state index in [1.165, 1.54) is 28.9 Å². The molecule has 1 amide bonds. The fraction of sp³-hybridized carbons (Fsp3) is 0.217. The number of amides is 1. The Morgan fingerprint density at radius 2 is 1.71 bits per heavy atom. The number of aromatic nitrogens is 3. The molecule has 8 heteroatoms. The Hall–Kier alpha value is -3.36. The summed E-state index contributed by atoms with van der Waals surface area (Å²) in [5.41, 5.74) is 1.49. The number of hydrogen-bond acceptors (Lipinski definition) is 6. The summed E-state index contributed by atoms with van der Waals surface area (Å²) >= 11 is 1.40. The first-order chi connectivity index (χ1) is 15.2. The second-order valence-corrected chi connectivity index (χ2v) is 8.39. The van der Waals surface area contributed by atoms with Crippen molar-refractivity contribution in [2.24, 2.45) is 0 Å². The molecule has 0 spiro atoms. The fourth-order valence-electron chi connectivity index (χ4n) is 3.86. The first-order valence-electron chi connectivity index (χ1n) is 10.2. The van der Waals surface area contributed by atoms with Crippen LogP contribution in [0.1, 0.15) is 29.0 Å². The summed E-state index contributed by atoms with van der Waals surface area (Å²) in [6.07, 6.45) is 2.45. The van der Waals surface area contributed by atoms with E-state index in [-0.39, 0.29) is 17.2 Å². The van der Waals surface area contributed by atoms with Gasteiger partial charge in [0.05, 0.1) is 16.8 Å². The zero-order valence-corrected chi connectivity index (χ0v) is 17.6. The van der Waals surface area contributed by atoms with E-state index in [1.54, 1.807) is 36.4 Å². The van der Waals surface area contributed by atoms with Crippen LogP contribution in [-0.4, -0.2) is 38.7 Å². The molecule has 156 valence electrons. The van der Waals surface area contributed by atoms with E-state index in [4.69, 9.17) is 0 Å². The highest BCUT2D eigenvalue weighted by Gasteiger charge is 2.19. The summed E-state index contributed by atoms with van der Waals surface area (Å²) in [6, 6.07) is 16.1. The van der Waals surface area contributed by atoms with Gasteiger partial charge in [-0.25, -0.2) is 4.98 Å². The SMILES string of the molecule is O=C(Nc1nc(CN2CCCC2)cs1)c1nn(-c2ccccc2)c(=O)c2ccccc12. The molecule has 31 heavy (non-hydrogen) atoms. The molecule has 0 unspecified atom stereocenters. The molecule has 0 atom stereocenters. The van der Waals surface area contributed by atoms with Crippen molar-refractivity contribution in [2.75, 3.05) is 18.4 Å². The molecule has 1 N–H and O–H groups in total. The van der Waals surface area contributed by atoms with Crippen molar-refractivity contribution in [1.82, 2.24) is 19.7 Å². The first kappa shape index (κ1) is 19.6. The molecule has 1 saturated heterocycles. The minimum atomic E-state index is -0.386. The lowest BCUT2D eigenvalue weighted by molar-refractivity contribution is 0.102. The zero-order chi connectivity index (χ0) is 21.2. The van der Waals surface area contributed by atoms with Gasteiger partial charge in [-0.05, 0) is 44.1 Å². The van der Waals surface area contributed by atoms with E-state index in [9.17, 15) is 9.59 Å². The minimum Gasteiger partial charge on any atom is -0.297 e. The molecule has 2 aromatic heterocycles. The van der Waals surface area contributed by atoms with Crippen molar-refractivity contribution in [3.05, 3.63) is 81.7 Å². The third-order valence-corrected chi connectivity index (χ3v) is 6.18. The van der Waals surface area contributed by atoms with Crippen LogP contribution in [0.5, 0.6) is 0 Å². The predicted octanol–water partition coefficient (Wildman–Crippen LogP) is 3.69. The number of carbonyl (C=O) groups is 1. The number of thiazole rings is 1. The summed E-state index contributed by atoms with van der Waals surface area (Å²) in [5, 5.41) is 10.8. The maximum atomic E-state index is 13.1. The Kier molecular flexibility index (Phi) is 5.31. The number of carbonyl (C=O) groups excluding carboxylic acids is 1. The number of anilines is 1. The third-order valence-electron chi connectivity index (χ3n) is 5.38. The van der Waals surface area contributed by atoms with Crippen molar-refractivity contribution in [1.29, 1.82) is 0 Å². The second-order valence-electron chi connectivity index (χ2n) is 7.53. The van der Waals surface area contributed by atoms with Gasteiger partial charge in [0.25, 0.3) is 11.5 Å². The normalized spacial score (nSPS) is 14.2. The Bertz CT molecular complexity index is 1290. The summed E-state index contributed by atoms with van der Waals surface area (Å²) < 4.78 is 1.28. The number of rotatable bonds is 5. The molecule has 4 aromatic rings. The Morgan fingerprint density at radius 3 is 2.48 bits per heavy atom. The van der Waals surface area contributed by atoms with E-state index in [0.29, 0.717) is 21.6 Å².